The number of nitrogens with one attached hydrogen (secondary N) is 1. The number of rotatable bonds is 2. The van der Waals surface area contributed by atoms with Crippen LogP contribution < -0.4 is 11.1 Å². The summed E-state index contributed by atoms with van der Waals surface area (Å²) in [6, 6.07) is 13.4. The van der Waals surface area contributed by atoms with Gasteiger partial charge >= 0.3 is 0 Å². The van der Waals surface area contributed by atoms with Gasteiger partial charge < -0.3 is 11.1 Å². The topological polar surface area (TPSA) is 61.8 Å². The molecule has 0 spiro atoms. The molecule has 2 rings (SSSR count). The van der Waals surface area contributed by atoms with E-state index < -0.39 is 0 Å². The lowest BCUT2D eigenvalue weighted by molar-refractivity contribution is 1.43. The second-order valence-electron chi connectivity index (χ2n) is 3.96. The minimum atomic E-state index is 0.574. The maximum atomic E-state index is 9.10. The average molecular weight is 302 g/mol. The van der Waals surface area contributed by atoms with Crippen LogP contribution in [0.3, 0.4) is 0 Å². The Bertz CT molecular complexity index is 629. The summed E-state index contributed by atoms with van der Waals surface area (Å²) >= 11 is 3.35. The van der Waals surface area contributed by atoms with Gasteiger partial charge in [-0.2, -0.15) is 5.26 Å². The molecule has 3 N–H and O–H groups in total. The molecular weight excluding hydrogens is 290 g/mol. The van der Waals surface area contributed by atoms with Crippen molar-refractivity contribution in [2.24, 2.45) is 0 Å². The monoisotopic (exact) mass is 301 g/mol. The van der Waals surface area contributed by atoms with Crippen LogP contribution in [0.25, 0.3) is 0 Å². The number of benzene rings is 2. The molecule has 0 aliphatic rings. The number of aryl methyl sites for hydroxylation is 1. The zero-order valence-corrected chi connectivity index (χ0v) is 11.5. The average Bonchev–Trinajstić information content (AvgIpc) is 2.37. The van der Waals surface area contributed by atoms with Crippen molar-refractivity contribution in [3.05, 3.63) is 52.0 Å². The van der Waals surface area contributed by atoms with Crippen LogP contribution in [-0.4, -0.2) is 0 Å². The van der Waals surface area contributed by atoms with Gasteiger partial charge in [-0.1, -0.05) is 28.1 Å². The number of nitriles is 1. The van der Waals surface area contributed by atoms with E-state index >= 15 is 0 Å². The summed E-state index contributed by atoms with van der Waals surface area (Å²) in [5.41, 5.74) is 9.84. The van der Waals surface area contributed by atoms with E-state index in [1.54, 1.807) is 6.07 Å². The van der Waals surface area contributed by atoms with Crippen molar-refractivity contribution >= 4 is 33.0 Å². The van der Waals surface area contributed by atoms with Gasteiger partial charge in [0, 0.05) is 4.47 Å². The molecule has 0 radical (unpaired) electrons. The summed E-state index contributed by atoms with van der Waals surface area (Å²) < 4.78 is 0.877. The highest BCUT2D eigenvalue weighted by molar-refractivity contribution is 9.10. The third-order valence-electron chi connectivity index (χ3n) is 2.70. The Labute approximate surface area is 114 Å². The lowest BCUT2D eigenvalue weighted by Gasteiger charge is -2.12. The fourth-order valence-electron chi connectivity index (χ4n) is 1.65. The van der Waals surface area contributed by atoms with Crippen LogP contribution in [0.1, 0.15) is 11.1 Å². The van der Waals surface area contributed by atoms with Crippen LogP contribution in [-0.2, 0) is 0 Å². The first kappa shape index (κ1) is 12.5. The number of hydrogen-bond acceptors (Lipinski definition) is 3. The van der Waals surface area contributed by atoms with Crippen molar-refractivity contribution in [1.29, 1.82) is 5.26 Å². The van der Waals surface area contributed by atoms with Crippen molar-refractivity contribution in [3.8, 4) is 6.07 Å². The van der Waals surface area contributed by atoms with Crippen LogP contribution >= 0.6 is 15.9 Å². The summed E-state index contributed by atoms with van der Waals surface area (Å²) in [6.45, 7) is 1.95. The molecule has 0 bridgehead atoms. The number of halogens is 1. The first-order valence-electron chi connectivity index (χ1n) is 5.43. The van der Waals surface area contributed by atoms with E-state index in [1.165, 1.54) is 0 Å². The molecule has 0 aliphatic heterocycles. The number of hydrogen-bond donors (Lipinski definition) is 2. The Morgan fingerprint density at radius 3 is 2.72 bits per heavy atom. The van der Waals surface area contributed by atoms with Gasteiger partial charge in [0.1, 0.15) is 6.07 Å². The van der Waals surface area contributed by atoms with Crippen molar-refractivity contribution in [3.63, 3.8) is 0 Å². The molecule has 0 unspecified atom stereocenters. The lowest BCUT2D eigenvalue weighted by Crippen LogP contribution is -1.99. The molecule has 4 heteroatoms. The summed E-state index contributed by atoms with van der Waals surface area (Å²) in [7, 11) is 0. The van der Waals surface area contributed by atoms with Gasteiger partial charge in [-0.05, 0) is 36.8 Å². The predicted octanol–water partition coefficient (Wildman–Crippen LogP) is 3.96. The second-order valence-corrected chi connectivity index (χ2v) is 4.88. The minimum Gasteiger partial charge on any atom is -0.397 e. The number of para-hydroxylation sites is 1. The largest absolute Gasteiger partial charge is 0.397 e. The van der Waals surface area contributed by atoms with E-state index in [9.17, 15) is 0 Å². The Hall–Kier alpha value is -1.99. The number of anilines is 3. The van der Waals surface area contributed by atoms with Crippen LogP contribution in [0, 0.1) is 18.3 Å². The van der Waals surface area contributed by atoms with Crippen molar-refractivity contribution < 1.29 is 0 Å². The van der Waals surface area contributed by atoms with E-state index in [0.29, 0.717) is 11.3 Å². The standard InChI is InChI=1S/C14H12BrN3/c1-9-3-2-4-13(14(9)17)18-12-6-5-11(15)7-10(12)8-16/h2-7,18H,17H2,1H3. The van der Waals surface area contributed by atoms with Gasteiger partial charge in [0.25, 0.3) is 0 Å². The molecule has 0 heterocycles. The molecule has 2 aromatic rings. The zero-order valence-electron chi connectivity index (χ0n) is 9.87. The highest BCUT2D eigenvalue weighted by atomic mass is 79.9. The molecule has 2 aromatic carbocycles. The highest BCUT2D eigenvalue weighted by Crippen LogP contribution is 2.28. The van der Waals surface area contributed by atoms with E-state index in [1.807, 2.05) is 37.3 Å². The van der Waals surface area contributed by atoms with E-state index in [2.05, 4.69) is 27.3 Å². The summed E-state index contributed by atoms with van der Waals surface area (Å²) in [4.78, 5) is 0. The predicted molar refractivity (Wildman–Crippen MR) is 77.7 cm³/mol. The Balaban J connectivity index is 2.41. The quantitative estimate of drug-likeness (QED) is 0.826. The zero-order chi connectivity index (χ0) is 13.1. The second kappa shape index (κ2) is 5.11. The van der Waals surface area contributed by atoms with Crippen LogP contribution in [0.15, 0.2) is 40.9 Å². The first-order valence-corrected chi connectivity index (χ1v) is 6.23. The fourth-order valence-corrected chi connectivity index (χ4v) is 2.01. The van der Waals surface area contributed by atoms with Crippen LogP contribution in [0.4, 0.5) is 17.1 Å². The van der Waals surface area contributed by atoms with Crippen molar-refractivity contribution in [2.75, 3.05) is 11.1 Å². The Morgan fingerprint density at radius 1 is 1.22 bits per heavy atom. The maximum Gasteiger partial charge on any atom is 0.101 e. The fraction of sp³-hybridized carbons (Fsp3) is 0.0714. The summed E-state index contributed by atoms with van der Waals surface area (Å²) in [5.74, 6) is 0. The minimum absolute atomic E-state index is 0.574. The molecule has 18 heavy (non-hydrogen) atoms. The van der Waals surface area contributed by atoms with Gasteiger partial charge in [-0.3, -0.25) is 0 Å². The molecule has 3 nitrogen and oxygen atoms in total. The van der Waals surface area contributed by atoms with Crippen molar-refractivity contribution in [1.82, 2.24) is 0 Å². The molecule has 90 valence electrons. The number of nitrogens with zero attached hydrogens (tertiary/aromatic N) is 1. The first-order chi connectivity index (χ1) is 8.61. The summed E-state index contributed by atoms with van der Waals surface area (Å²) in [6.07, 6.45) is 0. The van der Waals surface area contributed by atoms with E-state index in [0.717, 1.165) is 21.4 Å². The lowest BCUT2D eigenvalue weighted by atomic mass is 10.1. The molecule has 0 aromatic heterocycles. The van der Waals surface area contributed by atoms with Crippen molar-refractivity contribution in [2.45, 2.75) is 6.92 Å². The van der Waals surface area contributed by atoms with Gasteiger partial charge in [0.2, 0.25) is 0 Å². The molecule has 0 atom stereocenters. The van der Waals surface area contributed by atoms with Gasteiger partial charge in [0.15, 0.2) is 0 Å². The van der Waals surface area contributed by atoms with E-state index in [-0.39, 0.29) is 0 Å². The van der Waals surface area contributed by atoms with Gasteiger partial charge in [-0.15, -0.1) is 0 Å². The maximum absolute atomic E-state index is 9.10. The smallest absolute Gasteiger partial charge is 0.101 e. The normalized spacial score (nSPS) is 9.83. The molecule has 0 aliphatic carbocycles. The molecule has 0 amide bonds. The van der Waals surface area contributed by atoms with Crippen LogP contribution in [0.5, 0.6) is 0 Å². The molecule has 0 fully saturated rings. The third kappa shape index (κ3) is 2.47. The number of nitrogens with two attached hydrogens (primary N) is 1. The van der Waals surface area contributed by atoms with Gasteiger partial charge in [-0.25, -0.2) is 0 Å². The SMILES string of the molecule is Cc1cccc(Nc2ccc(Br)cc2C#N)c1N. The molecule has 0 saturated heterocycles. The van der Waals surface area contributed by atoms with Gasteiger partial charge in [0.05, 0.1) is 22.6 Å². The highest BCUT2D eigenvalue weighted by Gasteiger charge is 2.06. The molecular formula is C14H12BrN3. The van der Waals surface area contributed by atoms with Crippen LogP contribution in [0.2, 0.25) is 0 Å². The Kier molecular flexibility index (Phi) is 3.54. The summed E-state index contributed by atoms with van der Waals surface area (Å²) in [5, 5.41) is 12.3. The Morgan fingerprint density at radius 2 is 2.00 bits per heavy atom. The number of nitrogen functional groups attached to an aromatic ring is 1. The van der Waals surface area contributed by atoms with E-state index in [4.69, 9.17) is 11.0 Å². The third-order valence-corrected chi connectivity index (χ3v) is 3.19. The molecule has 0 saturated carbocycles.